The Morgan fingerprint density at radius 2 is 1.93 bits per heavy atom. The zero-order valence-electron chi connectivity index (χ0n) is 8.86. The number of rotatable bonds is 4. The molecular formula is C13H15NS. The van der Waals surface area contributed by atoms with Crippen molar-refractivity contribution in [2.24, 2.45) is 0 Å². The van der Waals surface area contributed by atoms with Crippen molar-refractivity contribution < 1.29 is 0 Å². The Bertz CT molecular complexity index is 405. The standard InChI is InChI=1S/C13H15NS/c1-2-13-12(8-9-15-13)14-10-11-6-4-3-5-7-11/h3-9,14H,2,10H2,1H3. The van der Waals surface area contributed by atoms with Gasteiger partial charge in [0.25, 0.3) is 0 Å². The molecule has 2 aromatic rings. The van der Waals surface area contributed by atoms with Gasteiger partial charge in [-0.3, -0.25) is 0 Å². The Morgan fingerprint density at radius 1 is 1.13 bits per heavy atom. The van der Waals surface area contributed by atoms with Crippen LogP contribution in [0.15, 0.2) is 41.8 Å². The fourth-order valence-electron chi connectivity index (χ4n) is 1.57. The molecule has 1 N–H and O–H groups in total. The van der Waals surface area contributed by atoms with Gasteiger partial charge in [0.2, 0.25) is 0 Å². The van der Waals surface area contributed by atoms with E-state index in [4.69, 9.17) is 0 Å². The van der Waals surface area contributed by atoms with Crippen LogP contribution in [0.1, 0.15) is 17.4 Å². The van der Waals surface area contributed by atoms with Crippen molar-refractivity contribution in [2.45, 2.75) is 19.9 Å². The third-order valence-corrected chi connectivity index (χ3v) is 3.46. The van der Waals surface area contributed by atoms with Gasteiger partial charge >= 0.3 is 0 Å². The van der Waals surface area contributed by atoms with Crippen LogP contribution in [0, 0.1) is 0 Å². The Balaban J connectivity index is 1.99. The monoisotopic (exact) mass is 217 g/mol. The lowest BCUT2D eigenvalue weighted by molar-refractivity contribution is 1.12. The van der Waals surface area contributed by atoms with Crippen LogP contribution in [0.25, 0.3) is 0 Å². The molecule has 1 nitrogen and oxygen atoms in total. The SMILES string of the molecule is CCc1sccc1NCc1ccccc1. The smallest absolute Gasteiger partial charge is 0.0484 e. The van der Waals surface area contributed by atoms with Crippen molar-refractivity contribution >= 4 is 17.0 Å². The van der Waals surface area contributed by atoms with Gasteiger partial charge < -0.3 is 5.32 Å². The molecule has 0 unspecified atom stereocenters. The molecule has 0 saturated carbocycles. The van der Waals surface area contributed by atoms with Gasteiger partial charge in [-0.05, 0) is 23.4 Å². The van der Waals surface area contributed by atoms with E-state index in [1.54, 1.807) is 0 Å². The maximum atomic E-state index is 3.47. The van der Waals surface area contributed by atoms with Crippen molar-refractivity contribution in [3.8, 4) is 0 Å². The molecule has 1 aromatic carbocycles. The number of hydrogen-bond acceptors (Lipinski definition) is 2. The normalized spacial score (nSPS) is 10.2. The van der Waals surface area contributed by atoms with Gasteiger partial charge in [-0.1, -0.05) is 37.3 Å². The van der Waals surface area contributed by atoms with Gasteiger partial charge in [0.1, 0.15) is 0 Å². The summed E-state index contributed by atoms with van der Waals surface area (Å²) in [6.45, 7) is 3.10. The van der Waals surface area contributed by atoms with E-state index in [9.17, 15) is 0 Å². The lowest BCUT2D eigenvalue weighted by atomic mass is 10.2. The van der Waals surface area contributed by atoms with Crippen LogP contribution in [0.2, 0.25) is 0 Å². The lowest BCUT2D eigenvalue weighted by Crippen LogP contribution is -1.99. The predicted octanol–water partition coefficient (Wildman–Crippen LogP) is 3.92. The quantitative estimate of drug-likeness (QED) is 0.818. The molecule has 0 bridgehead atoms. The van der Waals surface area contributed by atoms with E-state index in [0.29, 0.717) is 0 Å². The summed E-state index contributed by atoms with van der Waals surface area (Å²) in [6.07, 6.45) is 1.11. The van der Waals surface area contributed by atoms with E-state index in [0.717, 1.165) is 13.0 Å². The summed E-state index contributed by atoms with van der Waals surface area (Å²) in [5, 5.41) is 5.62. The first kappa shape index (κ1) is 10.2. The number of benzene rings is 1. The fourth-order valence-corrected chi connectivity index (χ4v) is 2.37. The first-order valence-electron chi connectivity index (χ1n) is 5.24. The summed E-state index contributed by atoms with van der Waals surface area (Å²) < 4.78 is 0. The van der Waals surface area contributed by atoms with Gasteiger partial charge in [0.15, 0.2) is 0 Å². The molecular weight excluding hydrogens is 202 g/mol. The highest BCUT2D eigenvalue weighted by Crippen LogP contribution is 2.23. The summed E-state index contributed by atoms with van der Waals surface area (Å²) in [5.41, 5.74) is 2.61. The third kappa shape index (κ3) is 2.60. The van der Waals surface area contributed by atoms with Crippen molar-refractivity contribution in [3.05, 3.63) is 52.2 Å². The highest BCUT2D eigenvalue weighted by Gasteiger charge is 2.00. The topological polar surface area (TPSA) is 12.0 Å². The number of hydrogen-bond donors (Lipinski definition) is 1. The predicted molar refractivity (Wildman–Crippen MR) is 67.5 cm³/mol. The largest absolute Gasteiger partial charge is 0.380 e. The summed E-state index contributed by atoms with van der Waals surface area (Å²) in [4.78, 5) is 1.44. The maximum absolute atomic E-state index is 3.47. The minimum atomic E-state index is 0.907. The van der Waals surface area contributed by atoms with Crippen LogP contribution in [0.4, 0.5) is 5.69 Å². The van der Waals surface area contributed by atoms with Crippen LogP contribution >= 0.6 is 11.3 Å². The Kier molecular flexibility index (Phi) is 3.41. The van der Waals surface area contributed by atoms with E-state index < -0.39 is 0 Å². The van der Waals surface area contributed by atoms with Crippen molar-refractivity contribution in [3.63, 3.8) is 0 Å². The van der Waals surface area contributed by atoms with Crippen molar-refractivity contribution in [1.82, 2.24) is 0 Å². The van der Waals surface area contributed by atoms with Crippen LogP contribution in [0.5, 0.6) is 0 Å². The minimum absolute atomic E-state index is 0.907. The third-order valence-electron chi connectivity index (χ3n) is 2.39. The number of anilines is 1. The zero-order chi connectivity index (χ0) is 10.5. The van der Waals surface area contributed by atoms with Crippen LogP contribution in [-0.4, -0.2) is 0 Å². The van der Waals surface area contributed by atoms with Gasteiger partial charge in [-0.25, -0.2) is 0 Å². The molecule has 78 valence electrons. The van der Waals surface area contributed by atoms with Crippen molar-refractivity contribution in [1.29, 1.82) is 0 Å². The summed E-state index contributed by atoms with van der Waals surface area (Å²) in [7, 11) is 0. The Morgan fingerprint density at radius 3 is 2.67 bits per heavy atom. The summed E-state index contributed by atoms with van der Waals surface area (Å²) in [6, 6.07) is 12.6. The Hall–Kier alpha value is -1.28. The first-order chi connectivity index (χ1) is 7.40. The second-order valence-corrected chi connectivity index (χ2v) is 4.45. The molecule has 0 aliphatic carbocycles. The highest BCUT2D eigenvalue weighted by atomic mass is 32.1. The fraction of sp³-hybridized carbons (Fsp3) is 0.231. The average Bonchev–Trinajstić information content (AvgIpc) is 2.75. The summed E-state index contributed by atoms with van der Waals surface area (Å²) >= 11 is 1.82. The molecule has 2 heteroatoms. The Labute approximate surface area is 94.8 Å². The maximum Gasteiger partial charge on any atom is 0.0484 e. The molecule has 2 rings (SSSR count). The number of aryl methyl sites for hydroxylation is 1. The van der Waals surface area contributed by atoms with E-state index in [-0.39, 0.29) is 0 Å². The second-order valence-electron chi connectivity index (χ2n) is 3.45. The van der Waals surface area contributed by atoms with E-state index in [1.807, 2.05) is 17.4 Å². The zero-order valence-corrected chi connectivity index (χ0v) is 9.68. The molecule has 0 radical (unpaired) electrons. The van der Waals surface area contributed by atoms with Gasteiger partial charge in [0.05, 0.1) is 0 Å². The molecule has 1 heterocycles. The molecule has 0 saturated heterocycles. The number of thiophene rings is 1. The highest BCUT2D eigenvalue weighted by molar-refractivity contribution is 7.10. The minimum Gasteiger partial charge on any atom is -0.380 e. The molecule has 0 spiro atoms. The molecule has 0 fully saturated rings. The van der Waals surface area contributed by atoms with Gasteiger partial charge in [-0.15, -0.1) is 11.3 Å². The molecule has 0 atom stereocenters. The molecule has 15 heavy (non-hydrogen) atoms. The molecule has 0 aliphatic rings. The van der Waals surface area contributed by atoms with E-state index in [1.165, 1.54) is 16.1 Å². The van der Waals surface area contributed by atoms with E-state index >= 15 is 0 Å². The second kappa shape index (κ2) is 4.99. The average molecular weight is 217 g/mol. The lowest BCUT2D eigenvalue weighted by Gasteiger charge is -2.06. The molecule has 0 aliphatic heterocycles. The van der Waals surface area contributed by atoms with Gasteiger partial charge in [0, 0.05) is 17.1 Å². The van der Waals surface area contributed by atoms with Crippen LogP contribution in [0.3, 0.4) is 0 Å². The van der Waals surface area contributed by atoms with Crippen LogP contribution < -0.4 is 5.32 Å². The van der Waals surface area contributed by atoms with Gasteiger partial charge in [-0.2, -0.15) is 0 Å². The van der Waals surface area contributed by atoms with E-state index in [2.05, 4.69) is 48.0 Å². The molecule has 1 aromatic heterocycles. The molecule has 0 amide bonds. The van der Waals surface area contributed by atoms with Crippen molar-refractivity contribution in [2.75, 3.05) is 5.32 Å². The van der Waals surface area contributed by atoms with Crippen LogP contribution in [-0.2, 0) is 13.0 Å². The summed E-state index contributed by atoms with van der Waals surface area (Å²) in [5.74, 6) is 0. The number of nitrogens with one attached hydrogen (secondary N) is 1. The first-order valence-corrected chi connectivity index (χ1v) is 6.12.